The maximum absolute atomic E-state index is 13.2. The molecule has 0 aromatic carbocycles. The lowest BCUT2D eigenvalue weighted by Crippen LogP contribution is -2.49. The van der Waals surface area contributed by atoms with Gasteiger partial charge in [-0.2, -0.15) is 5.10 Å². The third kappa shape index (κ3) is 3.16. The molecule has 1 amide bonds. The molecule has 0 saturated carbocycles. The second kappa shape index (κ2) is 6.82. The summed E-state index contributed by atoms with van der Waals surface area (Å²) in [5.41, 5.74) is 0.258. The van der Waals surface area contributed by atoms with Crippen LogP contribution in [0.1, 0.15) is 10.4 Å². The number of rotatable bonds is 3. The predicted octanol–water partition coefficient (Wildman–Crippen LogP) is 2.29. The Balaban J connectivity index is 1.51. The van der Waals surface area contributed by atoms with Crippen molar-refractivity contribution < 1.29 is 13.6 Å². The molecule has 2 aromatic rings. The lowest BCUT2D eigenvalue weighted by molar-refractivity contribution is 0.0747. The van der Waals surface area contributed by atoms with Crippen molar-refractivity contribution >= 4 is 23.2 Å². The molecule has 0 atom stereocenters. The van der Waals surface area contributed by atoms with Crippen LogP contribution >= 0.6 is 0 Å². The van der Waals surface area contributed by atoms with E-state index >= 15 is 0 Å². The van der Waals surface area contributed by atoms with E-state index in [1.54, 1.807) is 11.1 Å². The lowest BCUT2D eigenvalue weighted by atomic mass is 10.2. The number of halogens is 2. The molecule has 1 fully saturated rings. The van der Waals surface area contributed by atoms with E-state index in [-0.39, 0.29) is 23.0 Å². The maximum atomic E-state index is 13.2. The summed E-state index contributed by atoms with van der Waals surface area (Å²) in [6.45, 7) is 6.00. The van der Waals surface area contributed by atoms with E-state index in [4.69, 9.17) is 0 Å². The van der Waals surface area contributed by atoms with Gasteiger partial charge in [-0.1, -0.05) is 12.6 Å². The standard InChI is InChI=1S/C18H18F2N6O/c1-12-10-14(16(19)20)26-17(23-12)13(11-22-26)18(27)25-8-6-24(7-9-25)15-4-2-3-5-21-15/h2-5,10-11,16,23H,1,6-9H2. The van der Waals surface area contributed by atoms with E-state index < -0.39 is 6.43 Å². The number of aromatic nitrogens is 3. The molecule has 0 radical (unpaired) electrons. The second-order valence-electron chi connectivity index (χ2n) is 6.31. The summed E-state index contributed by atoms with van der Waals surface area (Å²) >= 11 is 0. The largest absolute Gasteiger partial charge is 0.353 e. The number of nitrogens with zero attached hydrogens (tertiary/aromatic N) is 5. The molecule has 0 aliphatic carbocycles. The van der Waals surface area contributed by atoms with E-state index in [0.29, 0.717) is 31.9 Å². The van der Waals surface area contributed by atoms with Gasteiger partial charge in [0.2, 0.25) is 0 Å². The van der Waals surface area contributed by atoms with Gasteiger partial charge >= 0.3 is 0 Å². The van der Waals surface area contributed by atoms with Crippen LogP contribution < -0.4 is 10.2 Å². The van der Waals surface area contributed by atoms with Crippen molar-refractivity contribution in [1.82, 2.24) is 19.7 Å². The van der Waals surface area contributed by atoms with Crippen LogP contribution in [0, 0.1) is 0 Å². The minimum absolute atomic E-state index is 0.231. The Labute approximate surface area is 154 Å². The van der Waals surface area contributed by atoms with Gasteiger partial charge in [-0.25, -0.2) is 18.4 Å². The van der Waals surface area contributed by atoms with Gasteiger partial charge in [-0.3, -0.25) is 4.79 Å². The molecule has 2 aliphatic rings. The fraction of sp³-hybridized carbons (Fsp3) is 0.278. The number of alkyl halides is 2. The topological polar surface area (TPSA) is 66.3 Å². The highest BCUT2D eigenvalue weighted by molar-refractivity contribution is 6.00. The number of fused-ring (bicyclic) bond motifs is 1. The van der Waals surface area contributed by atoms with Crippen LogP contribution in [0.3, 0.4) is 0 Å². The summed E-state index contributed by atoms with van der Waals surface area (Å²) in [5, 5.41) is 6.85. The predicted molar refractivity (Wildman–Crippen MR) is 97.6 cm³/mol. The van der Waals surface area contributed by atoms with Gasteiger partial charge < -0.3 is 15.1 Å². The first-order valence-corrected chi connectivity index (χ1v) is 8.54. The molecule has 9 heteroatoms. The maximum Gasteiger partial charge on any atom is 0.280 e. The van der Waals surface area contributed by atoms with Gasteiger partial charge in [-0.15, -0.1) is 0 Å². The van der Waals surface area contributed by atoms with Crippen molar-refractivity contribution in [3.8, 4) is 0 Å². The molecular weight excluding hydrogens is 354 g/mol. The summed E-state index contributed by atoms with van der Waals surface area (Å²) in [4.78, 5) is 21.0. The lowest BCUT2D eigenvalue weighted by Gasteiger charge is -2.35. The number of piperazine rings is 1. The zero-order chi connectivity index (χ0) is 19.0. The van der Waals surface area contributed by atoms with Crippen molar-refractivity contribution in [3.63, 3.8) is 0 Å². The monoisotopic (exact) mass is 372 g/mol. The minimum Gasteiger partial charge on any atom is -0.353 e. The number of nitrogens with one attached hydrogen (secondary N) is 1. The highest BCUT2D eigenvalue weighted by Crippen LogP contribution is 2.30. The van der Waals surface area contributed by atoms with Crippen molar-refractivity contribution in [2.24, 2.45) is 0 Å². The number of hydrogen-bond donors (Lipinski definition) is 1. The molecule has 1 N–H and O–H groups in total. The Morgan fingerprint density at radius 1 is 1.22 bits per heavy atom. The second-order valence-corrected chi connectivity index (χ2v) is 6.31. The van der Waals surface area contributed by atoms with Crippen LogP contribution in [0.5, 0.6) is 0 Å². The molecule has 0 unspecified atom stereocenters. The van der Waals surface area contributed by atoms with E-state index in [9.17, 15) is 13.6 Å². The number of amides is 1. The number of anilines is 2. The minimum atomic E-state index is -2.72. The first-order chi connectivity index (χ1) is 13.0. The zero-order valence-corrected chi connectivity index (χ0v) is 14.5. The van der Waals surface area contributed by atoms with E-state index in [1.807, 2.05) is 18.2 Å². The number of allylic oxidation sites excluding steroid dienone is 2. The van der Waals surface area contributed by atoms with E-state index in [2.05, 4.69) is 26.9 Å². The Kier molecular flexibility index (Phi) is 4.35. The average Bonchev–Trinajstić information content (AvgIpc) is 3.11. The molecule has 1 saturated heterocycles. The molecule has 0 spiro atoms. The summed E-state index contributed by atoms with van der Waals surface area (Å²) in [6.07, 6.45) is 1.57. The third-order valence-corrected chi connectivity index (χ3v) is 4.61. The van der Waals surface area contributed by atoms with Gasteiger partial charge in [0.05, 0.1) is 6.20 Å². The van der Waals surface area contributed by atoms with Crippen molar-refractivity contribution in [3.05, 3.63) is 54.5 Å². The van der Waals surface area contributed by atoms with Crippen LogP contribution in [-0.2, 0) is 0 Å². The fourth-order valence-electron chi connectivity index (χ4n) is 3.25. The molecule has 2 aromatic heterocycles. The van der Waals surface area contributed by atoms with Crippen LogP contribution in [0.4, 0.5) is 20.4 Å². The zero-order valence-electron chi connectivity index (χ0n) is 14.5. The number of pyridine rings is 1. The number of carbonyl (C=O) groups excluding carboxylic acids is 1. The van der Waals surface area contributed by atoms with Crippen LogP contribution in [0.25, 0.3) is 5.70 Å². The quantitative estimate of drug-likeness (QED) is 0.896. The van der Waals surface area contributed by atoms with Gasteiger partial charge in [0.25, 0.3) is 12.3 Å². The van der Waals surface area contributed by atoms with Gasteiger partial charge in [0.1, 0.15) is 22.9 Å². The van der Waals surface area contributed by atoms with Crippen LogP contribution in [0.15, 0.2) is 48.9 Å². The number of hydrogen-bond acceptors (Lipinski definition) is 5. The summed E-state index contributed by atoms with van der Waals surface area (Å²) in [6, 6.07) is 5.71. The smallest absolute Gasteiger partial charge is 0.280 e. The van der Waals surface area contributed by atoms with Gasteiger partial charge in [0.15, 0.2) is 0 Å². The molecule has 7 nitrogen and oxygen atoms in total. The Bertz CT molecular complexity index is 900. The van der Waals surface area contributed by atoms with E-state index in [1.165, 1.54) is 12.3 Å². The van der Waals surface area contributed by atoms with Crippen molar-refractivity contribution in [2.45, 2.75) is 6.43 Å². The Morgan fingerprint density at radius 2 is 2.00 bits per heavy atom. The number of carbonyl (C=O) groups is 1. The normalized spacial score (nSPS) is 16.9. The van der Waals surface area contributed by atoms with Gasteiger partial charge in [-0.05, 0) is 18.2 Å². The highest BCUT2D eigenvalue weighted by Gasteiger charge is 2.30. The Hall–Kier alpha value is -3.23. The molecule has 2 aliphatic heterocycles. The van der Waals surface area contributed by atoms with Crippen LogP contribution in [0.2, 0.25) is 0 Å². The van der Waals surface area contributed by atoms with Crippen LogP contribution in [-0.4, -0.2) is 58.2 Å². The average molecular weight is 372 g/mol. The molecule has 0 bridgehead atoms. The van der Waals surface area contributed by atoms with Crippen molar-refractivity contribution in [2.75, 3.05) is 36.4 Å². The summed E-state index contributed by atoms with van der Waals surface area (Å²) in [5.74, 6) is 0.861. The molecule has 4 heterocycles. The molecule has 27 heavy (non-hydrogen) atoms. The molecule has 140 valence electrons. The first-order valence-electron chi connectivity index (χ1n) is 8.54. The third-order valence-electron chi connectivity index (χ3n) is 4.61. The molecular formula is C18H18F2N6O. The fourth-order valence-corrected chi connectivity index (χ4v) is 3.25. The summed E-state index contributed by atoms with van der Waals surface area (Å²) in [7, 11) is 0. The van der Waals surface area contributed by atoms with E-state index in [0.717, 1.165) is 10.5 Å². The highest BCUT2D eigenvalue weighted by atomic mass is 19.3. The first kappa shape index (κ1) is 17.2. The van der Waals surface area contributed by atoms with Crippen molar-refractivity contribution in [1.29, 1.82) is 0 Å². The SMILES string of the molecule is C=C1C=C(C(F)F)n2ncc(C(=O)N3CCN(c4ccccn4)CC3)c2N1. The Morgan fingerprint density at radius 3 is 2.67 bits per heavy atom. The van der Waals surface area contributed by atoms with Gasteiger partial charge in [0, 0.05) is 38.1 Å². The summed E-state index contributed by atoms with van der Waals surface area (Å²) < 4.78 is 27.5. The molecule has 4 rings (SSSR count).